The van der Waals surface area contributed by atoms with Crippen LogP contribution < -0.4 is 0 Å². The Morgan fingerprint density at radius 2 is 2.37 bits per heavy atom. The Bertz CT molecular complexity index is 412. The smallest absolute Gasteiger partial charge is 0.126 e. The molecular formula is C15H24N2O2. The van der Waals surface area contributed by atoms with E-state index in [1.54, 1.807) is 6.26 Å². The van der Waals surface area contributed by atoms with Crippen LogP contribution in [-0.2, 0) is 0 Å². The molecule has 0 aliphatic carbocycles. The Hall–Kier alpha value is -1.10. The van der Waals surface area contributed by atoms with Crippen LogP contribution in [0.5, 0.6) is 0 Å². The van der Waals surface area contributed by atoms with Gasteiger partial charge in [-0.3, -0.25) is 4.90 Å². The molecule has 1 saturated heterocycles. The Balaban J connectivity index is 1.97. The van der Waals surface area contributed by atoms with Crippen molar-refractivity contribution in [3.05, 3.63) is 29.7 Å². The monoisotopic (exact) mass is 264 g/mol. The topological polar surface area (TPSA) is 39.9 Å². The van der Waals surface area contributed by atoms with Crippen LogP contribution in [0.1, 0.15) is 19.1 Å². The number of likely N-dealkylation sites (tertiary alicyclic amines) is 1. The molecule has 2 heterocycles. The summed E-state index contributed by atoms with van der Waals surface area (Å²) in [6.07, 6.45) is 4.79. The van der Waals surface area contributed by atoms with Crippen molar-refractivity contribution < 1.29 is 9.52 Å². The largest absolute Gasteiger partial charge is 0.465 e. The van der Waals surface area contributed by atoms with Crippen molar-refractivity contribution in [1.29, 1.82) is 0 Å². The molecule has 2 rings (SSSR count). The zero-order valence-corrected chi connectivity index (χ0v) is 12.0. The Morgan fingerprint density at radius 3 is 2.95 bits per heavy atom. The fourth-order valence-electron chi connectivity index (χ4n) is 2.70. The summed E-state index contributed by atoms with van der Waals surface area (Å²) in [7, 11) is 4.21. The van der Waals surface area contributed by atoms with Gasteiger partial charge in [0.2, 0.25) is 0 Å². The number of aliphatic hydroxyl groups is 1. The molecule has 1 aromatic rings. The number of rotatable bonds is 5. The highest BCUT2D eigenvalue weighted by atomic mass is 16.3. The summed E-state index contributed by atoms with van der Waals surface area (Å²) in [6, 6.07) is 4.66. The lowest BCUT2D eigenvalue weighted by Crippen LogP contribution is -2.35. The summed E-state index contributed by atoms with van der Waals surface area (Å²) in [4.78, 5) is 4.60. The van der Waals surface area contributed by atoms with E-state index in [1.165, 1.54) is 5.57 Å². The van der Waals surface area contributed by atoms with Crippen LogP contribution >= 0.6 is 0 Å². The molecule has 2 atom stereocenters. The second kappa shape index (κ2) is 6.37. The fraction of sp³-hybridized carbons (Fsp3) is 0.600. The van der Waals surface area contributed by atoms with E-state index in [0.717, 1.165) is 25.3 Å². The van der Waals surface area contributed by atoms with Crippen LogP contribution in [0.3, 0.4) is 0 Å². The van der Waals surface area contributed by atoms with E-state index in [2.05, 4.69) is 36.9 Å². The Labute approximate surface area is 115 Å². The second-order valence-electron chi connectivity index (χ2n) is 5.63. The van der Waals surface area contributed by atoms with Crippen molar-refractivity contribution >= 4 is 6.08 Å². The summed E-state index contributed by atoms with van der Waals surface area (Å²) in [5, 5.41) is 9.51. The number of hydrogen-bond donors (Lipinski definition) is 1. The molecule has 0 aromatic carbocycles. The first-order valence-corrected chi connectivity index (χ1v) is 6.82. The minimum atomic E-state index is 0.234. The first-order valence-electron chi connectivity index (χ1n) is 6.82. The van der Waals surface area contributed by atoms with Gasteiger partial charge in [0.1, 0.15) is 5.76 Å². The molecule has 0 spiro atoms. The van der Waals surface area contributed by atoms with Crippen LogP contribution in [0, 0.1) is 0 Å². The van der Waals surface area contributed by atoms with E-state index in [1.807, 2.05) is 12.1 Å². The molecule has 0 amide bonds. The van der Waals surface area contributed by atoms with Gasteiger partial charge in [0.25, 0.3) is 0 Å². The van der Waals surface area contributed by atoms with Gasteiger partial charge in [0.15, 0.2) is 0 Å². The first kappa shape index (κ1) is 14.3. The third kappa shape index (κ3) is 3.69. The molecule has 106 valence electrons. The van der Waals surface area contributed by atoms with Crippen molar-refractivity contribution in [1.82, 2.24) is 9.80 Å². The average molecular weight is 264 g/mol. The second-order valence-corrected chi connectivity index (χ2v) is 5.63. The van der Waals surface area contributed by atoms with E-state index in [-0.39, 0.29) is 12.6 Å². The molecular weight excluding hydrogens is 240 g/mol. The highest BCUT2D eigenvalue weighted by molar-refractivity contribution is 5.46. The number of furan rings is 1. The van der Waals surface area contributed by atoms with Crippen molar-refractivity contribution in [3.63, 3.8) is 0 Å². The van der Waals surface area contributed by atoms with Gasteiger partial charge < -0.3 is 14.4 Å². The molecule has 4 nitrogen and oxygen atoms in total. The molecule has 1 aliphatic rings. The van der Waals surface area contributed by atoms with Crippen molar-refractivity contribution in [2.45, 2.75) is 25.4 Å². The molecule has 1 fully saturated rings. The van der Waals surface area contributed by atoms with Gasteiger partial charge in [0.05, 0.1) is 12.9 Å². The van der Waals surface area contributed by atoms with E-state index < -0.39 is 0 Å². The van der Waals surface area contributed by atoms with Gasteiger partial charge in [-0.25, -0.2) is 0 Å². The van der Waals surface area contributed by atoms with Gasteiger partial charge in [-0.2, -0.15) is 0 Å². The zero-order chi connectivity index (χ0) is 13.8. The van der Waals surface area contributed by atoms with Crippen LogP contribution in [0.25, 0.3) is 6.08 Å². The SMILES string of the molecule is CC(=Cc1ccco1)CN1C[C@H](N(C)C)C[C@H]1CO. The lowest BCUT2D eigenvalue weighted by atomic mass is 10.1. The van der Waals surface area contributed by atoms with E-state index in [9.17, 15) is 5.11 Å². The predicted molar refractivity (Wildman–Crippen MR) is 76.9 cm³/mol. The van der Waals surface area contributed by atoms with Crippen molar-refractivity contribution in [2.75, 3.05) is 33.8 Å². The number of likely N-dealkylation sites (N-methyl/N-ethyl adjacent to an activating group) is 1. The maximum absolute atomic E-state index is 9.51. The van der Waals surface area contributed by atoms with Gasteiger partial charge in [0, 0.05) is 25.2 Å². The summed E-state index contributed by atoms with van der Waals surface area (Å²) < 4.78 is 5.33. The van der Waals surface area contributed by atoms with E-state index in [4.69, 9.17) is 4.42 Å². The summed E-state index contributed by atoms with van der Waals surface area (Å²) in [5.41, 5.74) is 1.26. The number of hydrogen-bond acceptors (Lipinski definition) is 4. The zero-order valence-electron chi connectivity index (χ0n) is 12.0. The third-order valence-electron chi connectivity index (χ3n) is 3.83. The summed E-state index contributed by atoms with van der Waals surface area (Å²) in [6.45, 7) is 4.25. The van der Waals surface area contributed by atoms with Gasteiger partial charge in [-0.05, 0) is 45.6 Å². The van der Waals surface area contributed by atoms with Crippen LogP contribution in [0.2, 0.25) is 0 Å². The lowest BCUT2D eigenvalue weighted by molar-refractivity contribution is 0.167. The molecule has 0 unspecified atom stereocenters. The Kier molecular flexibility index (Phi) is 4.80. The molecule has 0 saturated carbocycles. The normalized spacial score (nSPS) is 25.4. The third-order valence-corrected chi connectivity index (χ3v) is 3.83. The van der Waals surface area contributed by atoms with Crippen LogP contribution in [-0.4, -0.2) is 60.8 Å². The predicted octanol–water partition coefficient (Wildman–Crippen LogP) is 1.68. The summed E-state index contributed by atoms with van der Waals surface area (Å²) in [5.74, 6) is 0.890. The Morgan fingerprint density at radius 1 is 1.58 bits per heavy atom. The van der Waals surface area contributed by atoms with Crippen molar-refractivity contribution in [3.8, 4) is 0 Å². The quantitative estimate of drug-likeness (QED) is 0.878. The van der Waals surface area contributed by atoms with Crippen molar-refractivity contribution in [2.24, 2.45) is 0 Å². The molecule has 4 heteroatoms. The summed E-state index contributed by atoms with van der Waals surface area (Å²) >= 11 is 0. The van der Waals surface area contributed by atoms with E-state index >= 15 is 0 Å². The first-order chi connectivity index (χ1) is 9.10. The molecule has 19 heavy (non-hydrogen) atoms. The standard InChI is InChI=1S/C15H24N2O2/c1-12(7-15-5-4-6-19-15)9-17-10-13(16(2)3)8-14(17)11-18/h4-7,13-14,18H,8-11H2,1-3H3/t13-,14+/m1/s1. The number of aliphatic hydroxyl groups excluding tert-OH is 1. The van der Waals surface area contributed by atoms with E-state index in [0.29, 0.717) is 6.04 Å². The fourth-order valence-corrected chi connectivity index (χ4v) is 2.70. The maximum atomic E-state index is 9.51. The number of nitrogens with zero attached hydrogens (tertiary/aromatic N) is 2. The minimum Gasteiger partial charge on any atom is -0.465 e. The maximum Gasteiger partial charge on any atom is 0.126 e. The van der Waals surface area contributed by atoms with Crippen LogP contribution in [0.4, 0.5) is 0 Å². The average Bonchev–Trinajstić information content (AvgIpc) is 2.98. The minimum absolute atomic E-state index is 0.234. The molecule has 0 bridgehead atoms. The molecule has 1 aliphatic heterocycles. The highest BCUT2D eigenvalue weighted by Crippen LogP contribution is 2.22. The lowest BCUT2D eigenvalue weighted by Gasteiger charge is -2.23. The molecule has 0 radical (unpaired) electrons. The van der Waals surface area contributed by atoms with Crippen LogP contribution in [0.15, 0.2) is 28.4 Å². The molecule has 1 aromatic heterocycles. The van der Waals surface area contributed by atoms with Gasteiger partial charge >= 0.3 is 0 Å². The van der Waals surface area contributed by atoms with Gasteiger partial charge in [-0.1, -0.05) is 5.57 Å². The molecule has 1 N–H and O–H groups in total. The highest BCUT2D eigenvalue weighted by Gasteiger charge is 2.32. The van der Waals surface area contributed by atoms with Gasteiger partial charge in [-0.15, -0.1) is 0 Å².